The molecule has 0 amide bonds. The number of carbonyl (C=O) groups is 1. The Kier molecular flexibility index (Phi) is 5.55. The van der Waals surface area contributed by atoms with Gasteiger partial charge in [0.15, 0.2) is 0 Å². The van der Waals surface area contributed by atoms with Crippen LogP contribution in [-0.4, -0.2) is 33.0 Å². The summed E-state index contributed by atoms with van der Waals surface area (Å²) in [6, 6.07) is 11.4. The lowest BCUT2D eigenvalue weighted by molar-refractivity contribution is -0.384. The zero-order chi connectivity index (χ0) is 20.3. The Bertz CT molecular complexity index is 1020. The molecule has 144 valence electrons. The molecule has 0 aliphatic rings. The molecule has 3 rings (SSSR count). The highest BCUT2D eigenvalue weighted by molar-refractivity contribution is 6.34. The van der Waals surface area contributed by atoms with Gasteiger partial charge in [0, 0.05) is 6.07 Å². The Hall–Kier alpha value is -3.46. The largest absolute Gasteiger partial charge is 0.465 e. The van der Waals surface area contributed by atoms with Crippen LogP contribution in [0.3, 0.4) is 0 Å². The van der Waals surface area contributed by atoms with Crippen molar-refractivity contribution in [2.45, 2.75) is 13.0 Å². The first-order chi connectivity index (χ1) is 13.4. The maximum Gasteiger partial charge on any atom is 0.339 e. The number of nitro benzene ring substituents is 1. The number of aromatic nitrogens is 3. The SMILES string of the molecule is COC(=O)c1cc([N+](=O)[O-])c(NC(C)c2cn(-c3ccccc3)nn2)cc1Cl. The fourth-order valence-electron chi connectivity index (χ4n) is 2.58. The molecule has 1 unspecified atom stereocenters. The highest BCUT2D eigenvalue weighted by Crippen LogP contribution is 2.33. The number of esters is 1. The van der Waals surface area contributed by atoms with E-state index < -0.39 is 16.9 Å². The average molecular weight is 402 g/mol. The van der Waals surface area contributed by atoms with Crippen LogP contribution in [0.1, 0.15) is 29.0 Å². The summed E-state index contributed by atoms with van der Waals surface area (Å²) in [7, 11) is 1.18. The van der Waals surface area contributed by atoms with E-state index in [4.69, 9.17) is 11.6 Å². The first-order valence-electron chi connectivity index (χ1n) is 8.21. The smallest absolute Gasteiger partial charge is 0.339 e. The topological polar surface area (TPSA) is 112 Å². The third kappa shape index (κ3) is 3.94. The van der Waals surface area contributed by atoms with Crippen LogP contribution in [-0.2, 0) is 4.74 Å². The molecule has 3 aromatic rings. The highest BCUT2D eigenvalue weighted by Gasteiger charge is 2.23. The molecule has 1 atom stereocenters. The van der Waals surface area contributed by atoms with Crippen molar-refractivity contribution in [1.29, 1.82) is 0 Å². The van der Waals surface area contributed by atoms with Crippen molar-refractivity contribution < 1.29 is 14.5 Å². The quantitative estimate of drug-likeness (QED) is 0.380. The van der Waals surface area contributed by atoms with Crippen LogP contribution < -0.4 is 5.32 Å². The van der Waals surface area contributed by atoms with Crippen molar-refractivity contribution >= 4 is 28.9 Å². The molecule has 28 heavy (non-hydrogen) atoms. The van der Waals surface area contributed by atoms with Crippen molar-refractivity contribution in [2.24, 2.45) is 0 Å². The Balaban J connectivity index is 1.89. The van der Waals surface area contributed by atoms with Gasteiger partial charge in [-0.05, 0) is 25.1 Å². The van der Waals surface area contributed by atoms with Crippen LogP contribution in [0.15, 0.2) is 48.7 Å². The minimum Gasteiger partial charge on any atom is -0.465 e. The van der Waals surface area contributed by atoms with Crippen LogP contribution in [0.2, 0.25) is 5.02 Å². The molecule has 0 fully saturated rings. The van der Waals surface area contributed by atoms with Crippen molar-refractivity contribution in [3.8, 4) is 5.69 Å². The van der Waals surface area contributed by atoms with Gasteiger partial charge < -0.3 is 10.1 Å². The summed E-state index contributed by atoms with van der Waals surface area (Å²) in [5, 5.41) is 22.7. The monoisotopic (exact) mass is 401 g/mol. The van der Waals surface area contributed by atoms with Gasteiger partial charge in [-0.1, -0.05) is 35.0 Å². The zero-order valence-electron chi connectivity index (χ0n) is 15.0. The first-order valence-corrected chi connectivity index (χ1v) is 8.59. The molecule has 0 saturated heterocycles. The molecule has 0 aliphatic carbocycles. The number of hydrogen-bond acceptors (Lipinski definition) is 7. The molecule has 2 aromatic carbocycles. The second-order valence-electron chi connectivity index (χ2n) is 5.89. The van der Waals surface area contributed by atoms with E-state index in [1.54, 1.807) is 17.8 Å². The minimum absolute atomic E-state index is 0.0417. The molecule has 0 aliphatic heterocycles. The number of nitrogens with zero attached hydrogens (tertiary/aromatic N) is 4. The number of methoxy groups -OCH3 is 1. The van der Waals surface area contributed by atoms with Crippen LogP contribution in [0.4, 0.5) is 11.4 Å². The Morgan fingerprint density at radius 2 is 2.04 bits per heavy atom. The van der Waals surface area contributed by atoms with Gasteiger partial charge in [0.1, 0.15) is 11.4 Å². The number of nitrogens with one attached hydrogen (secondary N) is 1. The summed E-state index contributed by atoms with van der Waals surface area (Å²) < 4.78 is 6.21. The van der Waals surface area contributed by atoms with E-state index >= 15 is 0 Å². The number of anilines is 1. The predicted molar refractivity (Wildman–Crippen MR) is 103 cm³/mol. The summed E-state index contributed by atoms with van der Waals surface area (Å²) >= 11 is 6.10. The fourth-order valence-corrected chi connectivity index (χ4v) is 2.82. The van der Waals surface area contributed by atoms with E-state index in [2.05, 4.69) is 20.4 Å². The number of benzene rings is 2. The third-order valence-corrected chi connectivity index (χ3v) is 4.35. The average Bonchev–Trinajstić information content (AvgIpc) is 3.18. The number of halogens is 1. The second kappa shape index (κ2) is 8.05. The van der Waals surface area contributed by atoms with Gasteiger partial charge >= 0.3 is 5.97 Å². The van der Waals surface area contributed by atoms with Crippen molar-refractivity contribution in [2.75, 3.05) is 12.4 Å². The minimum atomic E-state index is -0.751. The van der Waals surface area contributed by atoms with Crippen molar-refractivity contribution in [1.82, 2.24) is 15.0 Å². The number of carbonyl (C=O) groups excluding carboxylic acids is 1. The second-order valence-corrected chi connectivity index (χ2v) is 6.29. The molecule has 1 heterocycles. The summed E-state index contributed by atoms with van der Waals surface area (Å²) in [6.07, 6.45) is 1.73. The summed E-state index contributed by atoms with van der Waals surface area (Å²) in [5.74, 6) is -0.751. The van der Waals surface area contributed by atoms with Gasteiger partial charge in [-0.2, -0.15) is 0 Å². The summed E-state index contributed by atoms with van der Waals surface area (Å²) in [4.78, 5) is 22.6. The zero-order valence-corrected chi connectivity index (χ0v) is 15.8. The first kappa shape index (κ1) is 19.3. The maximum absolute atomic E-state index is 11.7. The Morgan fingerprint density at radius 1 is 1.32 bits per heavy atom. The van der Waals surface area contributed by atoms with Crippen LogP contribution >= 0.6 is 11.6 Å². The van der Waals surface area contributed by atoms with Gasteiger partial charge in [0.05, 0.1) is 40.5 Å². The molecule has 10 heteroatoms. The van der Waals surface area contributed by atoms with E-state index in [0.29, 0.717) is 5.69 Å². The standard InChI is InChI=1S/C18H16ClN5O4/c1-11(16-10-23(22-21-16)12-6-4-3-5-7-12)20-15-9-14(19)13(18(25)28-2)8-17(15)24(26)27/h3-11,20H,1-2H3. The Labute approximate surface area is 165 Å². The molecular weight excluding hydrogens is 386 g/mol. The molecule has 0 saturated carbocycles. The number of ether oxygens (including phenoxy) is 1. The summed E-state index contributed by atoms with van der Waals surface area (Å²) in [6.45, 7) is 1.78. The molecule has 1 aromatic heterocycles. The number of hydrogen-bond donors (Lipinski definition) is 1. The normalized spacial score (nSPS) is 11.7. The lowest BCUT2D eigenvalue weighted by Crippen LogP contribution is -2.10. The van der Waals surface area contributed by atoms with E-state index in [1.165, 1.54) is 13.2 Å². The molecule has 0 radical (unpaired) electrons. The van der Waals surface area contributed by atoms with E-state index in [9.17, 15) is 14.9 Å². The van der Waals surface area contributed by atoms with Crippen molar-refractivity contribution in [3.05, 3.63) is 75.1 Å². The van der Waals surface area contributed by atoms with Crippen LogP contribution in [0.25, 0.3) is 5.69 Å². The molecule has 9 nitrogen and oxygen atoms in total. The molecular formula is C18H16ClN5O4. The highest BCUT2D eigenvalue weighted by atomic mass is 35.5. The van der Waals surface area contributed by atoms with E-state index in [1.807, 2.05) is 30.3 Å². The molecule has 0 bridgehead atoms. The Morgan fingerprint density at radius 3 is 2.68 bits per heavy atom. The number of para-hydroxylation sites is 1. The predicted octanol–water partition coefficient (Wildman–Crippen LogP) is 3.79. The van der Waals surface area contributed by atoms with E-state index in [-0.39, 0.29) is 22.0 Å². The summed E-state index contributed by atoms with van der Waals surface area (Å²) in [5.41, 5.74) is 1.19. The van der Waals surface area contributed by atoms with Crippen LogP contribution in [0.5, 0.6) is 0 Å². The van der Waals surface area contributed by atoms with Gasteiger partial charge in [-0.15, -0.1) is 5.10 Å². The van der Waals surface area contributed by atoms with Gasteiger partial charge in [-0.3, -0.25) is 10.1 Å². The number of nitro groups is 1. The maximum atomic E-state index is 11.7. The third-order valence-electron chi connectivity index (χ3n) is 4.03. The lowest BCUT2D eigenvalue weighted by Gasteiger charge is -2.14. The fraction of sp³-hybridized carbons (Fsp3) is 0.167. The number of rotatable bonds is 6. The molecule has 0 spiro atoms. The van der Waals surface area contributed by atoms with E-state index in [0.717, 1.165) is 11.8 Å². The van der Waals surface area contributed by atoms with Gasteiger partial charge in [0.25, 0.3) is 5.69 Å². The van der Waals surface area contributed by atoms with Gasteiger partial charge in [0.2, 0.25) is 0 Å². The van der Waals surface area contributed by atoms with Gasteiger partial charge in [-0.25, -0.2) is 9.48 Å². The molecule has 1 N–H and O–H groups in total. The lowest BCUT2D eigenvalue weighted by atomic mass is 10.1. The van der Waals surface area contributed by atoms with Crippen molar-refractivity contribution in [3.63, 3.8) is 0 Å². The van der Waals surface area contributed by atoms with Crippen LogP contribution in [0, 0.1) is 10.1 Å².